The van der Waals surface area contributed by atoms with E-state index in [2.05, 4.69) is 39.7 Å². The van der Waals surface area contributed by atoms with Gasteiger partial charge in [-0.25, -0.2) is 4.98 Å². The summed E-state index contributed by atoms with van der Waals surface area (Å²) in [5.74, 6) is -1.30. The maximum absolute atomic E-state index is 13.5. The van der Waals surface area contributed by atoms with Gasteiger partial charge in [0.25, 0.3) is 5.91 Å². The summed E-state index contributed by atoms with van der Waals surface area (Å²) in [6, 6.07) is 6.89. The van der Waals surface area contributed by atoms with Crippen molar-refractivity contribution >= 4 is 39.0 Å². The number of ketones is 1. The molecule has 2 aromatic rings. The maximum Gasteiger partial charge on any atom is 0.290 e. The minimum absolute atomic E-state index is 0.129. The lowest BCUT2D eigenvalue weighted by atomic mass is 9.95. The van der Waals surface area contributed by atoms with Gasteiger partial charge in [-0.1, -0.05) is 41.9 Å². The molecule has 0 bridgehead atoms. The number of carbonyl (C=O) groups is 2. The van der Waals surface area contributed by atoms with E-state index >= 15 is 0 Å². The van der Waals surface area contributed by atoms with Crippen molar-refractivity contribution in [3.05, 3.63) is 61.2 Å². The molecule has 3 rings (SSSR count). The molecule has 1 aromatic carbocycles. The van der Waals surface area contributed by atoms with E-state index in [0.717, 1.165) is 28.1 Å². The maximum atomic E-state index is 13.5. The number of benzene rings is 1. The number of hydrogen-bond donors (Lipinski definition) is 1. The van der Waals surface area contributed by atoms with E-state index in [-0.39, 0.29) is 11.4 Å². The number of nitrogens with zero attached hydrogens (tertiary/aromatic N) is 3. The van der Waals surface area contributed by atoms with Crippen molar-refractivity contribution < 1.29 is 14.7 Å². The van der Waals surface area contributed by atoms with Gasteiger partial charge in [-0.3, -0.25) is 9.59 Å². The summed E-state index contributed by atoms with van der Waals surface area (Å²) in [5, 5.41) is 11.5. The molecule has 1 aromatic heterocycles. The molecule has 1 aliphatic rings. The summed E-state index contributed by atoms with van der Waals surface area (Å²) in [4.78, 5) is 35.1. The topological polar surface area (TPSA) is 73.7 Å². The predicted octanol–water partition coefficient (Wildman–Crippen LogP) is 4.44. The Morgan fingerprint density at radius 1 is 1.30 bits per heavy atom. The molecule has 0 fully saturated rings. The van der Waals surface area contributed by atoms with Crippen molar-refractivity contribution in [2.45, 2.75) is 33.7 Å². The van der Waals surface area contributed by atoms with Gasteiger partial charge < -0.3 is 14.9 Å². The van der Waals surface area contributed by atoms with Gasteiger partial charge in [-0.2, -0.15) is 0 Å². The Bertz CT molecular complexity index is 997. The third-order valence-electron chi connectivity index (χ3n) is 5.37. The first-order valence-corrected chi connectivity index (χ1v) is 11.6. The molecule has 1 atom stereocenters. The van der Waals surface area contributed by atoms with E-state index in [1.807, 2.05) is 31.2 Å². The van der Waals surface area contributed by atoms with Crippen molar-refractivity contribution in [3.8, 4) is 0 Å². The quantitative estimate of drug-likeness (QED) is 0.552. The number of halogens is 1. The first-order chi connectivity index (χ1) is 14.3. The van der Waals surface area contributed by atoms with Crippen LogP contribution in [-0.2, 0) is 4.79 Å². The summed E-state index contributed by atoms with van der Waals surface area (Å²) in [6.07, 6.45) is 0. The third kappa shape index (κ3) is 4.36. The van der Waals surface area contributed by atoms with Gasteiger partial charge in [0.15, 0.2) is 5.76 Å². The summed E-state index contributed by atoms with van der Waals surface area (Å²) >= 11 is 4.76. The van der Waals surface area contributed by atoms with Crippen LogP contribution >= 0.6 is 27.3 Å². The Morgan fingerprint density at radius 2 is 2.00 bits per heavy atom. The Balaban J connectivity index is 2.05. The van der Waals surface area contributed by atoms with Crippen LogP contribution in [0.5, 0.6) is 0 Å². The van der Waals surface area contributed by atoms with Crippen molar-refractivity contribution in [1.29, 1.82) is 0 Å². The number of hydrogen-bond acceptors (Lipinski definition) is 6. The molecular formula is C22H26BrN3O3S. The second-order valence-electron chi connectivity index (χ2n) is 7.22. The monoisotopic (exact) mass is 491 g/mol. The summed E-state index contributed by atoms with van der Waals surface area (Å²) in [6.45, 7) is 10.6. The van der Waals surface area contributed by atoms with Gasteiger partial charge in [-0.05, 0) is 44.6 Å². The molecule has 0 saturated heterocycles. The zero-order valence-corrected chi connectivity index (χ0v) is 20.0. The Labute approximate surface area is 189 Å². The highest BCUT2D eigenvalue weighted by Gasteiger charge is 2.44. The van der Waals surface area contributed by atoms with Crippen LogP contribution in [0.3, 0.4) is 0 Å². The molecule has 30 heavy (non-hydrogen) atoms. The summed E-state index contributed by atoms with van der Waals surface area (Å²) < 4.78 is 0.846. The number of amides is 1. The molecule has 0 radical (unpaired) electrons. The average molecular weight is 492 g/mol. The second kappa shape index (κ2) is 9.41. The van der Waals surface area contributed by atoms with Gasteiger partial charge in [0, 0.05) is 17.6 Å². The molecule has 1 amide bonds. The van der Waals surface area contributed by atoms with Crippen molar-refractivity contribution in [2.75, 3.05) is 26.2 Å². The van der Waals surface area contributed by atoms with E-state index in [4.69, 9.17) is 0 Å². The van der Waals surface area contributed by atoms with Crippen LogP contribution in [0.15, 0.2) is 40.1 Å². The molecule has 1 N–H and O–H groups in total. The van der Waals surface area contributed by atoms with Gasteiger partial charge in [0.05, 0.1) is 27.2 Å². The molecule has 0 saturated carbocycles. The zero-order chi connectivity index (χ0) is 22.0. The fourth-order valence-corrected chi connectivity index (χ4v) is 5.08. The minimum atomic E-state index is -0.639. The van der Waals surface area contributed by atoms with Gasteiger partial charge in [0.1, 0.15) is 0 Å². The molecule has 0 spiro atoms. The highest BCUT2D eigenvalue weighted by Crippen LogP contribution is 2.40. The lowest BCUT2D eigenvalue weighted by molar-refractivity contribution is -0.129. The normalized spacial score (nSPS) is 16.8. The number of aliphatic hydroxyl groups excluding tert-OH is 1. The van der Waals surface area contributed by atoms with Gasteiger partial charge in [0.2, 0.25) is 5.78 Å². The zero-order valence-electron chi connectivity index (χ0n) is 17.6. The average Bonchev–Trinajstić information content (AvgIpc) is 3.18. The number of likely N-dealkylation sites (N-methyl/N-ethyl adjacent to an activating group) is 1. The Morgan fingerprint density at radius 3 is 2.57 bits per heavy atom. The Hall–Kier alpha value is -2.03. The lowest BCUT2D eigenvalue weighted by Crippen LogP contribution is -2.38. The molecular weight excluding hydrogens is 466 g/mol. The van der Waals surface area contributed by atoms with Crippen LogP contribution in [0.25, 0.3) is 0 Å². The number of aromatic nitrogens is 1. The molecule has 1 aliphatic heterocycles. The smallest absolute Gasteiger partial charge is 0.290 e. The molecule has 0 aliphatic carbocycles. The van der Waals surface area contributed by atoms with Crippen LogP contribution in [0, 0.1) is 13.8 Å². The fraction of sp³-hybridized carbons (Fsp3) is 0.409. The standard InChI is InChI=1S/C22H26BrN3O3S/c1-5-25(6-2)10-11-26-18(15-8-7-9-16(23)12-15)17(20(28)22(26)29)19(27)21-13(3)24-14(4)30-21/h7-9,12,18,28H,5-6,10-11H2,1-4H3/t18-/m0/s1. The van der Waals surface area contributed by atoms with E-state index in [1.165, 1.54) is 11.3 Å². The third-order valence-corrected chi connectivity index (χ3v) is 6.94. The molecule has 2 heterocycles. The summed E-state index contributed by atoms with van der Waals surface area (Å²) in [5.41, 5.74) is 1.53. The fourth-order valence-electron chi connectivity index (χ4n) is 3.79. The van der Waals surface area contributed by atoms with Gasteiger partial charge >= 0.3 is 0 Å². The van der Waals surface area contributed by atoms with E-state index in [9.17, 15) is 14.7 Å². The van der Waals surface area contributed by atoms with E-state index < -0.39 is 17.7 Å². The van der Waals surface area contributed by atoms with Crippen LogP contribution < -0.4 is 0 Å². The number of aryl methyl sites for hydroxylation is 2. The van der Waals surface area contributed by atoms with E-state index in [1.54, 1.807) is 11.8 Å². The minimum Gasteiger partial charge on any atom is -0.503 e. The molecule has 160 valence electrons. The van der Waals surface area contributed by atoms with Crippen molar-refractivity contribution in [1.82, 2.24) is 14.8 Å². The predicted molar refractivity (Wildman–Crippen MR) is 122 cm³/mol. The van der Waals surface area contributed by atoms with Crippen LogP contribution in [0.1, 0.15) is 45.8 Å². The van der Waals surface area contributed by atoms with E-state index in [0.29, 0.717) is 23.7 Å². The van der Waals surface area contributed by atoms with Crippen molar-refractivity contribution in [2.24, 2.45) is 0 Å². The summed E-state index contributed by atoms with van der Waals surface area (Å²) in [7, 11) is 0. The number of aliphatic hydroxyl groups is 1. The van der Waals surface area contributed by atoms with Crippen LogP contribution in [0.2, 0.25) is 0 Å². The highest BCUT2D eigenvalue weighted by molar-refractivity contribution is 9.10. The first-order valence-electron chi connectivity index (χ1n) is 9.99. The Kier molecular flexibility index (Phi) is 7.10. The number of carbonyl (C=O) groups excluding carboxylic acids is 2. The van der Waals surface area contributed by atoms with Crippen LogP contribution in [-0.4, -0.2) is 57.8 Å². The number of Topliss-reactive ketones (excluding diaryl/α,β-unsaturated/α-hetero) is 1. The van der Waals surface area contributed by atoms with Crippen LogP contribution in [0.4, 0.5) is 0 Å². The van der Waals surface area contributed by atoms with Crippen molar-refractivity contribution in [3.63, 3.8) is 0 Å². The number of rotatable bonds is 8. The lowest BCUT2D eigenvalue weighted by Gasteiger charge is -2.29. The largest absolute Gasteiger partial charge is 0.503 e. The highest BCUT2D eigenvalue weighted by atomic mass is 79.9. The second-order valence-corrected chi connectivity index (χ2v) is 9.34. The first kappa shape index (κ1) is 22.7. The van der Waals surface area contributed by atoms with Gasteiger partial charge in [-0.15, -0.1) is 11.3 Å². The SMILES string of the molecule is CCN(CC)CCN1C(=O)C(O)=C(C(=O)c2sc(C)nc2C)[C@@H]1c1cccc(Br)c1. The number of thiazole rings is 1. The molecule has 6 nitrogen and oxygen atoms in total. The molecule has 8 heteroatoms. The molecule has 0 unspecified atom stereocenters.